The first-order valence-electron chi connectivity index (χ1n) is 3.33. The van der Waals surface area contributed by atoms with Gasteiger partial charge in [0, 0.05) is 12.4 Å². The molecule has 0 saturated heterocycles. The van der Waals surface area contributed by atoms with Crippen molar-refractivity contribution in [3.63, 3.8) is 0 Å². The van der Waals surface area contributed by atoms with Crippen LogP contribution in [0.2, 0.25) is 0 Å². The van der Waals surface area contributed by atoms with Crippen molar-refractivity contribution in [3.8, 4) is 0 Å². The molecular weight excluding hydrogens is 112 g/mol. The van der Waals surface area contributed by atoms with Gasteiger partial charge in [0.2, 0.25) is 0 Å². The van der Waals surface area contributed by atoms with Crippen molar-refractivity contribution in [2.75, 3.05) is 0 Å². The van der Waals surface area contributed by atoms with E-state index in [9.17, 15) is 0 Å². The average molecular weight is 124 g/mol. The van der Waals surface area contributed by atoms with E-state index >= 15 is 0 Å². The minimum atomic E-state index is 1.08. The van der Waals surface area contributed by atoms with Gasteiger partial charge < -0.3 is 0 Å². The van der Waals surface area contributed by atoms with Gasteiger partial charge in [0.15, 0.2) is 0 Å². The Labute approximate surface area is 55.3 Å². The van der Waals surface area contributed by atoms with Crippen molar-refractivity contribution < 1.29 is 0 Å². The lowest BCUT2D eigenvalue weighted by Gasteiger charge is -1.53. The fraction of sp³-hybridized carbons (Fsp3) is 0.571. The first kappa shape index (κ1) is 6.33. The number of hydrogen-bond donors (Lipinski definition) is 1. The summed E-state index contributed by atoms with van der Waals surface area (Å²) in [4.78, 5) is 0. The molecule has 0 spiro atoms. The molecular formula is C7H12N2. The van der Waals surface area contributed by atoms with Crippen molar-refractivity contribution in [2.24, 2.45) is 5.92 Å². The Balaban J connectivity index is 0.0000000922. The van der Waals surface area contributed by atoms with Crippen LogP contribution in [0.1, 0.15) is 19.8 Å². The van der Waals surface area contributed by atoms with Gasteiger partial charge in [-0.3, -0.25) is 5.10 Å². The second-order valence-electron chi connectivity index (χ2n) is 2.45. The lowest BCUT2D eigenvalue weighted by Crippen LogP contribution is -1.53. The Bertz CT molecular complexity index is 113. The quantitative estimate of drug-likeness (QED) is 0.561. The summed E-state index contributed by atoms with van der Waals surface area (Å²) in [6.45, 7) is 2.28. The average Bonchev–Trinajstić information content (AvgIpc) is 2.52. The number of aromatic amines is 1. The van der Waals surface area contributed by atoms with Crippen LogP contribution in [0.25, 0.3) is 0 Å². The Hall–Kier alpha value is -0.790. The van der Waals surface area contributed by atoms with Crippen molar-refractivity contribution >= 4 is 0 Å². The highest BCUT2D eigenvalue weighted by Crippen LogP contribution is 2.26. The van der Waals surface area contributed by atoms with Gasteiger partial charge in [-0.1, -0.05) is 19.8 Å². The number of nitrogens with zero attached hydrogens (tertiary/aromatic N) is 1. The molecule has 0 unspecified atom stereocenters. The fourth-order valence-electron chi connectivity index (χ4n) is 0.382. The van der Waals surface area contributed by atoms with Crippen LogP contribution in [0.3, 0.4) is 0 Å². The Kier molecular flexibility index (Phi) is 2.31. The van der Waals surface area contributed by atoms with Gasteiger partial charge in [-0.05, 0) is 12.0 Å². The number of rotatable bonds is 0. The van der Waals surface area contributed by atoms with Gasteiger partial charge in [0.25, 0.3) is 0 Å². The molecule has 2 nitrogen and oxygen atoms in total. The third kappa shape index (κ3) is 3.76. The van der Waals surface area contributed by atoms with E-state index in [1.807, 2.05) is 6.07 Å². The third-order valence-corrected chi connectivity index (χ3v) is 1.27. The molecule has 1 aliphatic carbocycles. The molecule has 9 heavy (non-hydrogen) atoms. The Morgan fingerprint density at radius 2 is 2.22 bits per heavy atom. The maximum Gasteiger partial charge on any atom is 0.0487 e. The van der Waals surface area contributed by atoms with Crippen LogP contribution in [0.15, 0.2) is 18.5 Å². The minimum absolute atomic E-state index is 1.08. The molecule has 2 heteroatoms. The molecule has 1 aliphatic rings. The monoisotopic (exact) mass is 124 g/mol. The van der Waals surface area contributed by atoms with Crippen LogP contribution in [0.4, 0.5) is 0 Å². The highest BCUT2D eigenvalue weighted by atomic mass is 15.1. The maximum absolute atomic E-state index is 3.60. The topological polar surface area (TPSA) is 28.7 Å². The van der Waals surface area contributed by atoms with Crippen LogP contribution in [-0.2, 0) is 0 Å². The fourth-order valence-corrected chi connectivity index (χ4v) is 0.382. The van der Waals surface area contributed by atoms with Gasteiger partial charge in [-0.15, -0.1) is 0 Å². The van der Waals surface area contributed by atoms with Crippen molar-refractivity contribution in [3.05, 3.63) is 18.5 Å². The summed E-state index contributed by atoms with van der Waals surface area (Å²) in [5.41, 5.74) is 0. The Morgan fingerprint density at radius 1 is 1.56 bits per heavy atom. The Morgan fingerprint density at radius 3 is 2.33 bits per heavy atom. The van der Waals surface area contributed by atoms with Crippen LogP contribution in [0, 0.1) is 5.92 Å². The number of hydrogen-bond acceptors (Lipinski definition) is 1. The second kappa shape index (κ2) is 3.28. The highest BCUT2D eigenvalue weighted by molar-refractivity contribution is 4.72. The van der Waals surface area contributed by atoms with Crippen molar-refractivity contribution in [1.29, 1.82) is 0 Å². The lowest BCUT2D eigenvalue weighted by molar-refractivity contribution is 0.983. The molecule has 2 rings (SSSR count). The summed E-state index contributed by atoms with van der Waals surface area (Å²) in [7, 11) is 0. The molecule has 1 heterocycles. The van der Waals surface area contributed by atoms with Crippen molar-refractivity contribution in [1.82, 2.24) is 10.2 Å². The number of H-pyrrole nitrogens is 1. The predicted molar refractivity (Wildman–Crippen MR) is 37.0 cm³/mol. The highest BCUT2D eigenvalue weighted by Gasteiger charge is 2.12. The molecule has 0 amide bonds. The normalized spacial score (nSPS) is 16.1. The zero-order valence-electron chi connectivity index (χ0n) is 5.67. The zero-order chi connectivity index (χ0) is 6.53. The summed E-state index contributed by atoms with van der Waals surface area (Å²) in [6.07, 6.45) is 6.43. The van der Waals surface area contributed by atoms with E-state index in [2.05, 4.69) is 17.1 Å². The molecule has 1 aromatic heterocycles. The molecule has 50 valence electrons. The largest absolute Gasteiger partial charge is 0.286 e. The number of aromatic nitrogens is 2. The number of nitrogens with one attached hydrogen (secondary N) is 1. The zero-order valence-corrected chi connectivity index (χ0v) is 5.67. The summed E-state index contributed by atoms with van der Waals surface area (Å²) in [5, 5.41) is 6.21. The molecule has 1 fully saturated rings. The van der Waals surface area contributed by atoms with Gasteiger partial charge >= 0.3 is 0 Å². The van der Waals surface area contributed by atoms with E-state index in [-0.39, 0.29) is 0 Å². The maximum atomic E-state index is 3.60. The minimum Gasteiger partial charge on any atom is -0.286 e. The smallest absolute Gasteiger partial charge is 0.0487 e. The van der Waals surface area contributed by atoms with Crippen molar-refractivity contribution in [2.45, 2.75) is 19.8 Å². The van der Waals surface area contributed by atoms with E-state index < -0.39 is 0 Å². The predicted octanol–water partition coefficient (Wildman–Crippen LogP) is 1.83. The van der Waals surface area contributed by atoms with Gasteiger partial charge in [0.1, 0.15) is 0 Å². The SMILES string of the molecule is CC1CC1.c1cn[nH]c1. The molecule has 0 aliphatic heterocycles. The van der Waals surface area contributed by atoms with E-state index in [1.54, 1.807) is 12.4 Å². The molecule has 1 N–H and O–H groups in total. The van der Waals surface area contributed by atoms with Crippen LogP contribution < -0.4 is 0 Å². The van der Waals surface area contributed by atoms with Gasteiger partial charge in [0.05, 0.1) is 0 Å². The van der Waals surface area contributed by atoms with Gasteiger partial charge in [-0.25, -0.2) is 0 Å². The summed E-state index contributed by atoms with van der Waals surface area (Å²) in [5.74, 6) is 1.08. The first-order chi connectivity index (χ1) is 4.39. The lowest BCUT2D eigenvalue weighted by atomic mass is 10.5. The van der Waals surface area contributed by atoms with Crippen LogP contribution in [-0.4, -0.2) is 10.2 Å². The van der Waals surface area contributed by atoms with E-state index in [0.717, 1.165) is 5.92 Å². The molecule has 0 radical (unpaired) electrons. The van der Waals surface area contributed by atoms with E-state index in [4.69, 9.17) is 0 Å². The molecule has 0 aromatic carbocycles. The standard InChI is InChI=1S/C4H8.C3H4N2/c1-4-2-3-4;1-2-4-5-3-1/h4H,2-3H2,1H3;1-3H,(H,4,5). The molecule has 1 aromatic rings. The summed E-state index contributed by atoms with van der Waals surface area (Å²) < 4.78 is 0. The van der Waals surface area contributed by atoms with Crippen LogP contribution in [0.5, 0.6) is 0 Å². The summed E-state index contributed by atoms with van der Waals surface area (Å²) in [6, 6.07) is 1.83. The van der Waals surface area contributed by atoms with E-state index in [0.29, 0.717) is 0 Å². The molecule has 0 atom stereocenters. The molecule has 0 bridgehead atoms. The van der Waals surface area contributed by atoms with Crippen LogP contribution >= 0.6 is 0 Å². The first-order valence-corrected chi connectivity index (χ1v) is 3.33. The third-order valence-electron chi connectivity index (χ3n) is 1.27. The summed E-state index contributed by atoms with van der Waals surface area (Å²) >= 11 is 0. The van der Waals surface area contributed by atoms with Gasteiger partial charge in [-0.2, -0.15) is 5.10 Å². The molecule has 1 saturated carbocycles. The second-order valence-corrected chi connectivity index (χ2v) is 2.45. The van der Waals surface area contributed by atoms with E-state index in [1.165, 1.54) is 12.8 Å².